The summed E-state index contributed by atoms with van der Waals surface area (Å²) in [5.74, 6) is -0.595. The van der Waals surface area contributed by atoms with Gasteiger partial charge in [0.25, 0.3) is 0 Å². The van der Waals surface area contributed by atoms with E-state index in [4.69, 9.17) is 23.2 Å². The van der Waals surface area contributed by atoms with Crippen molar-refractivity contribution in [2.45, 2.75) is 6.18 Å². The number of benzene rings is 2. The van der Waals surface area contributed by atoms with E-state index in [1.807, 2.05) is 0 Å². The van der Waals surface area contributed by atoms with Gasteiger partial charge < -0.3 is 0 Å². The van der Waals surface area contributed by atoms with Crippen molar-refractivity contribution in [3.8, 4) is 11.1 Å². The molecule has 0 saturated heterocycles. The third kappa shape index (κ3) is 3.42. The zero-order chi connectivity index (χ0) is 18.4. The molecule has 2 nitrogen and oxygen atoms in total. The van der Waals surface area contributed by atoms with Crippen LogP contribution in [0.25, 0.3) is 11.1 Å². The SMILES string of the molecule is C[N+]1(c2cc(F)ccc2-c2ccc(Cl)c(Cl)c2)C=[C]C(C(F)(F)F)=N1. The van der Waals surface area contributed by atoms with E-state index in [9.17, 15) is 17.6 Å². The molecule has 0 aromatic heterocycles. The van der Waals surface area contributed by atoms with Crippen molar-refractivity contribution in [1.29, 1.82) is 0 Å². The average Bonchev–Trinajstić information content (AvgIpc) is 2.94. The second-order valence-electron chi connectivity index (χ2n) is 5.54. The van der Waals surface area contributed by atoms with Crippen LogP contribution < -0.4 is 4.59 Å². The topological polar surface area (TPSA) is 12.4 Å². The number of halogens is 6. The van der Waals surface area contributed by atoms with Gasteiger partial charge >= 0.3 is 6.18 Å². The molecule has 0 bridgehead atoms. The highest BCUT2D eigenvalue weighted by Crippen LogP contribution is 2.40. The second kappa shape index (κ2) is 6.12. The molecule has 1 radical (unpaired) electrons. The van der Waals surface area contributed by atoms with Crippen molar-refractivity contribution in [3.05, 3.63) is 64.5 Å². The molecule has 1 unspecified atom stereocenters. The molecule has 0 aliphatic carbocycles. The summed E-state index contributed by atoms with van der Waals surface area (Å²) in [6, 6.07) is 8.58. The van der Waals surface area contributed by atoms with Crippen LogP contribution in [0, 0.1) is 11.9 Å². The number of quaternary nitrogens is 1. The Morgan fingerprint density at radius 1 is 1.04 bits per heavy atom. The molecule has 2 aromatic carbocycles. The first-order valence-electron chi connectivity index (χ1n) is 7.00. The minimum atomic E-state index is -4.64. The highest BCUT2D eigenvalue weighted by atomic mass is 35.5. The van der Waals surface area contributed by atoms with Crippen molar-refractivity contribution < 1.29 is 17.6 Å². The van der Waals surface area contributed by atoms with E-state index in [0.717, 1.165) is 12.3 Å². The Kier molecular flexibility index (Phi) is 4.39. The van der Waals surface area contributed by atoms with Crippen LogP contribution in [-0.2, 0) is 0 Å². The maximum Gasteiger partial charge on any atom is 0.439 e. The van der Waals surface area contributed by atoms with E-state index in [0.29, 0.717) is 16.1 Å². The highest BCUT2D eigenvalue weighted by Gasteiger charge is 2.43. The van der Waals surface area contributed by atoms with Gasteiger partial charge in [-0.25, -0.2) is 4.39 Å². The van der Waals surface area contributed by atoms with Crippen LogP contribution in [0.15, 0.2) is 47.7 Å². The Bertz CT molecular complexity index is 906. The Hall–Kier alpha value is -1.89. The summed E-state index contributed by atoms with van der Waals surface area (Å²) in [7, 11) is 1.40. The molecule has 1 aliphatic rings. The van der Waals surface area contributed by atoms with Crippen molar-refractivity contribution in [2.24, 2.45) is 5.10 Å². The third-order valence-corrected chi connectivity index (χ3v) is 4.45. The summed E-state index contributed by atoms with van der Waals surface area (Å²) in [4.78, 5) is 0. The summed E-state index contributed by atoms with van der Waals surface area (Å²) in [5, 5.41) is 4.28. The van der Waals surface area contributed by atoms with Gasteiger partial charge in [-0.05, 0) is 29.8 Å². The van der Waals surface area contributed by atoms with E-state index in [2.05, 4.69) is 11.2 Å². The summed E-state index contributed by atoms with van der Waals surface area (Å²) in [5.41, 5.74) is 0.116. The van der Waals surface area contributed by atoms with Crippen LogP contribution in [0.4, 0.5) is 23.2 Å². The normalized spacial score (nSPS) is 20.0. The molecule has 0 N–H and O–H groups in total. The minimum absolute atomic E-state index is 0.213. The molecule has 2 aromatic rings. The lowest BCUT2D eigenvalue weighted by atomic mass is 10.0. The van der Waals surface area contributed by atoms with Crippen molar-refractivity contribution in [1.82, 2.24) is 4.59 Å². The first-order valence-corrected chi connectivity index (χ1v) is 7.76. The molecule has 0 fully saturated rings. The molecular formula is C17H10Cl2F4N2+. The molecule has 1 aliphatic heterocycles. The fourth-order valence-electron chi connectivity index (χ4n) is 2.50. The predicted molar refractivity (Wildman–Crippen MR) is 90.9 cm³/mol. The first kappa shape index (κ1) is 17.9. The Balaban J connectivity index is 2.17. The van der Waals surface area contributed by atoms with Crippen LogP contribution >= 0.6 is 23.2 Å². The smallest absolute Gasteiger partial charge is 0.207 e. The van der Waals surface area contributed by atoms with E-state index >= 15 is 0 Å². The van der Waals surface area contributed by atoms with E-state index in [1.54, 1.807) is 18.2 Å². The fraction of sp³-hybridized carbons (Fsp3) is 0.118. The van der Waals surface area contributed by atoms with Gasteiger partial charge in [0.05, 0.1) is 16.1 Å². The van der Waals surface area contributed by atoms with Gasteiger partial charge in [0, 0.05) is 11.6 Å². The maximum absolute atomic E-state index is 13.8. The third-order valence-electron chi connectivity index (χ3n) is 3.71. The van der Waals surface area contributed by atoms with Gasteiger partial charge in [-0.15, -0.1) is 4.59 Å². The van der Waals surface area contributed by atoms with E-state index in [-0.39, 0.29) is 10.7 Å². The molecule has 129 valence electrons. The molecule has 0 amide bonds. The van der Waals surface area contributed by atoms with Gasteiger partial charge in [-0.1, -0.05) is 34.4 Å². The highest BCUT2D eigenvalue weighted by molar-refractivity contribution is 6.42. The Labute approximate surface area is 151 Å². The number of hydrogen-bond acceptors (Lipinski definition) is 1. The van der Waals surface area contributed by atoms with Crippen LogP contribution in [0.5, 0.6) is 0 Å². The van der Waals surface area contributed by atoms with Crippen molar-refractivity contribution in [3.63, 3.8) is 0 Å². The lowest BCUT2D eigenvalue weighted by Gasteiger charge is -2.23. The molecule has 1 atom stereocenters. The van der Waals surface area contributed by atoms with Crippen LogP contribution in [0.1, 0.15) is 0 Å². The standard InChI is InChI=1S/C17H10Cl2F4N2/c1-25(7-6-16(24-25)17(21,22)23)15-9-11(20)3-4-12(15)10-2-5-13(18)14(19)8-10/h2-5,7-9H,1H3/q+1. The zero-order valence-electron chi connectivity index (χ0n) is 12.7. The van der Waals surface area contributed by atoms with E-state index < -0.39 is 22.3 Å². The van der Waals surface area contributed by atoms with Crippen LogP contribution in [-0.4, -0.2) is 18.9 Å². The van der Waals surface area contributed by atoms with Gasteiger partial charge in [-0.2, -0.15) is 13.2 Å². The van der Waals surface area contributed by atoms with Gasteiger partial charge in [0.2, 0.25) is 5.71 Å². The molecule has 1 heterocycles. The van der Waals surface area contributed by atoms with Crippen molar-refractivity contribution in [2.75, 3.05) is 7.05 Å². The number of rotatable bonds is 2. The van der Waals surface area contributed by atoms with Crippen LogP contribution in [0.2, 0.25) is 10.0 Å². The number of allylic oxidation sites excluding steroid dienone is 1. The number of alkyl halides is 3. The molecular weight excluding hydrogens is 379 g/mol. The summed E-state index contributed by atoms with van der Waals surface area (Å²) in [6.45, 7) is 0. The monoisotopic (exact) mass is 388 g/mol. The van der Waals surface area contributed by atoms with Gasteiger partial charge in [0.1, 0.15) is 19.1 Å². The molecule has 25 heavy (non-hydrogen) atoms. The fourth-order valence-corrected chi connectivity index (χ4v) is 2.80. The largest absolute Gasteiger partial charge is 0.439 e. The van der Waals surface area contributed by atoms with Gasteiger partial charge in [0.15, 0.2) is 5.69 Å². The lowest BCUT2D eigenvalue weighted by molar-refractivity contribution is -0.0584. The van der Waals surface area contributed by atoms with Gasteiger partial charge in [-0.3, -0.25) is 0 Å². The van der Waals surface area contributed by atoms with E-state index in [1.165, 1.54) is 19.2 Å². The lowest BCUT2D eigenvalue weighted by Crippen LogP contribution is -2.33. The quantitative estimate of drug-likeness (QED) is 0.442. The Morgan fingerprint density at radius 2 is 1.76 bits per heavy atom. The predicted octanol–water partition coefficient (Wildman–Crippen LogP) is 5.99. The minimum Gasteiger partial charge on any atom is -0.207 e. The van der Waals surface area contributed by atoms with Crippen LogP contribution in [0.3, 0.4) is 0 Å². The molecule has 0 spiro atoms. The molecule has 3 rings (SSSR count). The first-order chi connectivity index (χ1) is 11.6. The second-order valence-corrected chi connectivity index (χ2v) is 6.35. The number of hydrogen-bond donors (Lipinski definition) is 0. The molecule has 8 heteroatoms. The Morgan fingerprint density at radius 3 is 2.36 bits per heavy atom. The maximum atomic E-state index is 13.8. The molecule has 0 saturated carbocycles. The van der Waals surface area contributed by atoms with Crippen molar-refractivity contribution >= 4 is 34.6 Å². The summed E-state index contributed by atoms with van der Waals surface area (Å²) >= 11 is 11.9. The summed E-state index contributed by atoms with van der Waals surface area (Å²) < 4.78 is 51.8. The number of nitrogens with zero attached hydrogens (tertiary/aromatic N) is 2. The summed E-state index contributed by atoms with van der Waals surface area (Å²) in [6.07, 6.45) is -1.40. The average molecular weight is 389 g/mol. The zero-order valence-corrected chi connectivity index (χ0v) is 14.2.